The molecule has 0 aliphatic carbocycles. The molecule has 5 heteroatoms. The lowest BCUT2D eigenvalue weighted by Gasteiger charge is -2.19. The van der Waals surface area contributed by atoms with Gasteiger partial charge in [0.05, 0.1) is 17.9 Å². The summed E-state index contributed by atoms with van der Waals surface area (Å²) in [4.78, 5) is 6.98. The van der Waals surface area contributed by atoms with Gasteiger partial charge in [-0.2, -0.15) is 0 Å². The number of hydrogen-bond donors (Lipinski definition) is 0. The Kier molecular flexibility index (Phi) is 5.35. The molecule has 1 aromatic heterocycles. The molecule has 0 unspecified atom stereocenters. The highest BCUT2D eigenvalue weighted by molar-refractivity contribution is 5.63. The SMILES string of the molecule is CCOc1ccccc1-c1nc(CN(C)C[C@@H]2Cc3ccccc3O2)c(C)o1. The van der Waals surface area contributed by atoms with Gasteiger partial charge < -0.3 is 13.9 Å². The average Bonchev–Trinajstić information content (AvgIpc) is 3.25. The smallest absolute Gasteiger partial charge is 0.230 e. The number of oxazole rings is 1. The molecule has 0 spiro atoms. The van der Waals surface area contributed by atoms with E-state index in [9.17, 15) is 0 Å². The molecular formula is C23H26N2O3. The van der Waals surface area contributed by atoms with Crippen LogP contribution in [0.2, 0.25) is 0 Å². The number of fused-ring (bicyclic) bond motifs is 1. The fraction of sp³-hybridized carbons (Fsp3) is 0.348. The second-order valence-corrected chi connectivity index (χ2v) is 7.20. The van der Waals surface area contributed by atoms with Gasteiger partial charge in [-0.15, -0.1) is 0 Å². The highest BCUT2D eigenvalue weighted by Gasteiger charge is 2.24. The first-order valence-corrected chi connectivity index (χ1v) is 9.75. The monoisotopic (exact) mass is 378 g/mol. The van der Waals surface area contributed by atoms with Crippen molar-refractivity contribution in [3.05, 3.63) is 65.5 Å². The Balaban J connectivity index is 1.43. The lowest BCUT2D eigenvalue weighted by molar-refractivity contribution is 0.164. The maximum Gasteiger partial charge on any atom is 0.230 e. The highest BCUT2D eigenvalue weighted by Crippen LogP contribution is 2.31. The number of ether oxygens (including phenoxy) is 2. The molecule has 1 atom stereocenters. The predicted molar refractivity (Wildman–Crippen MR) is 109 cm³/mol. The zero-order valence-electron chi connectivity index (χ0n) is 16.6. The Hall–Kier alpha value is -2.79. The molecule has 3 aromatic rings. The van der Waals surface area contributed by atoms with Crippen molar-refractivity contribution in [2.75, 3.05) is 20.2 Å². The number of aryl methyl sites for hydroxylation is 1. The fourth-order valence-corrected chi connectivity index (χ4v) is 3.64. The van der Waals surface area contributed by atoms with E-state index in [1.807, 2.05) is 50.2 Å². The molecule has 0 saturated heterocycles. The van der Waals surface area contributed by atoms with Gasteiger partial charge in [0.2, 0.25) is 5.89 Å². The summed E-state index contributed by atoms with van der Waals surface area (Å²) in [6.07, 6.45) is 1.12. The van der Waals surface area contributed by atoms with Crippen LogP contribution in [-0.4, -0.2) is 36.2 Å². The Bertz CT molecular complexity index is 926. The number of aromatic nitrogens is 1. The number of hydrogen-bond acceptors (Lipinski definition) is 5. The molecule has 28 heavy (non-hydrogen) atoms. The first kappa shape index (κ1) is 18.6. The molecule has 146 valence electrons. The van der Waals surface area contributed by atoms with E-state index in [0.29, 0.717) is 19.0 Å². The number of rotatable bonds is 7. The van der Waals surface area contributed by atoms with Gasteiger partial charge in [-0.3, -0.25) is 4.90 Å². The summed E-state index contributed by atoms with van der Waals surface area (Å²) in [5.41, 5.74) is 3.11. The van der Waals surface area contributed by atoms with E-state index in [-0.39, 0.29) is 6.10 Å². The molecule has 4 rings (SSSR count). The van der Waals surface area contributed by atoms with Gasteiger partial charge >= 0.3 is 0 Å². The van der Waals surface area contributed by atoms with Crippen LogP contribution in [0.4, 0.5) is 0 Å². The number of para-hydroxylation sites is 2. The zero-order valence-corrected chi connectivity index (χ0v) is 16.6. The van der Waals surface area contributed by atoms with Crippen LogP contribution in [-0.2, 0) is 13.0 Å². The summed E-state index contributed by atoms with van der Waals surface area (Å²) in [5, 5.41) is 0. The Labute approximate surface area is 165 Å². The lowest BCUT2D eigenvalue weighted by Crippen LogP contribution is -2.31. The van der Waals surface area contributed by atoms with Crippen molar-refractivity contribution in [3.8, 4) is 23.0 Å². The van der Waals surface area contributed by atoms with E-state index in [1.54, 1.807) is 0 Å². The summed E-state index contributed by atoms with van der Waals surface area (Å²) in [6, 6.07) is 16.1. The predicted octanol–water partition coefficient (Wildman–Crippen LogP) is 4.48. The van der Waals surface area contributed by atoms with Crippen molar-refractivity contribution in [2.24, 2.45) is 0 Å². The number of benzene rings is 2. The van der Waals surface area contributed by atoms with E-state index in [0.717, 1.165) is 41.5 Å². The van der Waals surface area contributed by atoms with Crippen molar-refractivity contribution in [1.82, 2.24) is 9.88 Å². The van der Waals surface area contributed by atoms with Crippen LogP contribution in [0.1, 0.15) is 23.9 Å². The molecule has 0 bridgehead atoms. The van der Waals surface area contributed by atoms with E-state index >= 15 is 0 Å². The maximum absolute atomic E-state index is 6.06. The molecular weight excluding hydrogens is 352 g/mol. The van der Waals surface area contributed by atoms with Crippen LogP contribution in [0, 0.1) is 6.92 Å². The topological polar surface area (TPSA) is 47.7 Å². The van der Waals surface area contributed by atoms with E-state index in [4.69, 9.17) is 18.9 Å². The van der Waals surface area contributed by atoms with Crippen LogP contribution in [0.3, 0.4) is 0 Å². The van der Waals surface area contributed by atoms with Crippen molar-refractivity contribution < 1.29 is 13.9 Å². The fourth-order valence-electron chi connectivity index (χ4n) is 3.64. The third kappa shape index (κ3) is 3.90. The van der Waals surface area contributed by atoms with Crippen molar-refractivity contribution in [3.63, 3.8) is 0 Å². The minimum absolute atomic E-state index is 0.174. The molecule has 1 aliphatic rings. The molecule has 0 saturated carbocycles. The Morgan fingerprint density at radius 3 is 2.75 bits per heavy atom. The van der Waals surface area contributed by atoms with Gasteiger partial charge in [-0.05, 0) is 44.7 Å². The van der Waals surface area contributed by atoms with E-state index in [1.165, 1.54) is 5.56 Å². The van der Waals surface area contributed by atoms with E-state index < -0.39 is 0 Å². The van der Waals surface area contributed by atoms with Gasteiger partial charge in [0, 0.05) is 19.5 Å². The van der Waals surface area contributed by atoms with Gasteiger partial charge in [-0.25, -0.2) is 4.98 Å². The minimum Gasteiger partial charge on any atom is -0.493 e. The van der Waals surface area contributed by atoms with Crippen molar-refractivity contribution in [2.45, 2.75) is 32.9 Å². The molecule has 2 aromatic carbocycles. The van der Waals surface area contributed by atoms with Crippen LogP contribution < -0.4 is 9.47 Å². The van der Waals surface area contributed by atoms with Crippen molar-refractivity contribution in [1.29, 1.82) is 0 Å². The zero-order chi connectivity index (χ0) is 19.5. The van der Waals surface area contributed by atoms with Crippen LogP contribution in [0.5, 0.6) is 11.5 Å². The standard InChI is InChI=1S/C23H26N2O3/c1-4-26-22-12-8-6-10-19(22)23-24-20(16(2)27-23)15-25(3)14-18-13-17-9-5-7-11-21(17)28-18/h5-12,18H,4,13-15H2,1-3H3/t18-/m0/s1. The molecule has 0 fully saturated rings. The molecule has 1 aliphatic heterocycles. The summed E-state index contributed by atoms with van der Waals surface area (Å²) in [5.74, 6) is 3.25. The Morgan fingerprint density at radius 1 is 1.14 bits per heavy atom. The summed E-state index contributed by atoms with van der Waals surface area (Å²) < 4.78 is 17.7. The third-order valence-corrected chi connectivity index (χ3v) is 4.96. The molecule has 0 amide bonds. The lowest BCUT2D eigenvalue weighted by atomic mass is 10.1. The summed E-state index contributed by atoms with van der Waals surface area (Å²) in [7, 11) is 2.09. The number of nitrogens with zero attached hydrogens (tertiary/aromatic N) is 2. The second-order valence-electron chi connectivity index (χ2n) is 7.20. The largest absolute Gasteiger partial charge is 0.493 e. The second kappa shape index (κ2) is 8.07. The van der Waals surface area contributed by atoms with Gasteiger partial charge in [0.25, 0.3) is 0 Å². The number of likely N-dealkylation sites (N-methyl/N-ethyl adjacent to an activating group) is 1. The average molecular weight is 378 g/mol. The van der Waals surface area contributed by atoms with Crippen LogP contribution in [0.15, 0.2) is 52.9 Å². The van der Waals surface area contributed by atoms with E-state index in [2.05, 4.69) is 24.1 Å². The Morgan fingerprint density at radius 2 is 1.93 bits per heavy atom. The van der Waals surface area contributed by atoms with Gasteiger partial charge in [-0.1, -0.05) is 30.3 Å². The van der Waals surface area contributed by atoms with Gasteiger partial charge in [0.1, 0.15) is 23.4 Å². The normalized spacial score (nSPS) is 15.5. The third-order valence-electron chi connectivity index (χ3n) is 4.96. The van der Waals surface area contributed by atoms with Gasteiger partial charge in [0.15, 0.2) is 0 Å². The van der Waals surface area contributed by atoms with Crippen molar-refractivity contribution >= 4 is 0 Å². The molecule has 2 heterocycles. The summed E-state index contributed by atoms with van der Waals surface area (Å²) in [6.45, 7) is 6.09. The minimum atomic E-state index is 0.174. The first-order chi connectivity index (χ1) is 13.6. The first-order valence-electron chi connectivity index (χ1n) is 9.75. The van der Waals surface area contributed by atoms with Crippen LogP contribution in [0.25, 0.3) is 11.5 Å². The quantitative estimate of drug-likeness (QED) is 0.606. The highest BCUT2D eigenvalue weighted by atomic mass is 16.5. The summed E-state index contributed by atoms with van der Waals surface area (Å²) >= 11 is 0. The van der Waals surface area contributed by atoms with Crippen LogP contribution >= 0.6 is 0 Å². The molecule has 0 N–H and O–H groups in total. The molecule has 5 nitrogen and oxygen atoms in total. The molecule has 0 radical (unpaired) electrons. The maximum atomic E-state index is 6.06.